The van der Waals surface area contributed by atoms with Gasteiger partial charge in [-0.1, -0.05) is 41.1 Å². The number of carbonyl (C=O) groups excluding carboxylic acids is 1. The van der Waals surface area contributed by atoms with Gasteiger partial charge in [-0.25, -0.2) is 0 Å². The molecule has 2 aromatic rings. The van der Waals surface area contributed by atoms with Crippen molar-refractivity contribution in [2.75, 3.05) is 5.01 Å². The van der Waals surface area contributed by atoms with Gasteiger partial charge in [0.1, 0.15) is 4.90 Å². The number of para-hydroxylation sites is 1. The second-order valence-corrected chi connectivity index (χ2v) is 6.95. The molecule has 0 saturated carbocycles. The molecule has 0 saturated heterocycles. The van der Waals surface area contributed by atoms with E-state index in [0.29, 0.717) is 5.69 Å². The summed E-state index contributed by atoms with van der Waals surface area (Å²) in [7, 11) is -4.11. The minimum absolute atomic E-state index is 0.0394. The molecule has 7 nitrogen and oxygen atoms in total. The summed E-state index contributed by atoms with van der Waals surface area (Å²) in [6.07, 6.45) is 0. The van der Waals surface area contributed by atoms with Crippen LogP contribution in [0.15, 0.2) is 69.7 Å². The number of hydrazone groups is 1. The second-order valence-electron chi connectivity index (χ2n) is 5.42. The molecule has 0 bridgehead atoms. The molecule has 0 aliphatic carbocycles. The maximum Gasteiger partial charge on any atom is 0.358 e. The average molecular weight is 357 g/mol. The van der Waals surface area contributed by atoms with Crippen LogP contribution in [0.3, 0.4) is 0 Å². The highest BCUT2D eigenvalue weighted by Crippen LogP contribution is 2.20. The zero-order valence-electron chi connectivity index (χ0n) is 13.6. The summed E-state index contributed by atoms with van der Waals surface area (Å²) in [4.78, 5) is 12.4. The third-order valence-electron chi connectivity index (χ3n) is 3.52. The van der Waals surface area contributed by atoms with Crippen molar-refractivity contribution >= 4 is 33.1 Å². The average Bonchev–Trinajstić information content (AvgIpc) is 2.88. The number of benzene rings is 2. The first-order valence-electron chi connectivity index (χ1n) is 7.42. The van der Waals surface area contributed by atoms with Crippen LogP contribution < -0.4 is 5.01 Å². The van der Waals surface area contributed by atoms with Crippen LogP contribution >= 0.6 is 0 Å². The number of amides is 1. The van der Waals surface area contributed by atoms with Gasteiger partial charge in [-0.3, -0.25) is 9.08 Å². The standard InChI is InChI=1S/C17H15N3O4S/c1-12-8-10-15(11-9-12)25(22,23)24-19-16-13(2)18-20(17(16)21)14-6-4-3-5-7-14/h3-11H,1-2H3/b19-16+. The molecule has 0 radical (unpaired) electrons. The predicted molar refractivity (Wildman–Crippen MR) is 93.9 cm³/mol. The quantitative estimate of drug-likeness (QED) is 0.787. The molecule has 3 rings (SSSR count). The van der Waals surface area contributed by atoms with E-state index in [2.05, 4.69) is 10.3 Å². The molecule has 25 heavy (non-hydrogen) atoms. The summed E-state index contributed by atoms with van der Waals surface area (Å²) in [6, 6.07) is 14.9. The van der Waals surface area contributed by atoms with Gasteiger partial charge in [0.2, 0.25) is 0 Å². The maximum atomic E-state index is 12.4. The van der Waals surface area contributed by atoms with Crippen molar-refractivity contribution in [1.29, 1.82) is 0 Å². The molecule has 2 aromatic carbocycles. The van der Waals surface area contributed by atoms with E-state index in [4.69, 9.17) is 4.28 Å². The Morgan fingerprint density at radius 2 is 1.64 bits per heavy atom. The molecule has 0 N–H and O–H groups in total. The van der Waals surface area contributed by atoms with Crippen molar-refractivity contribution in [3.63, 3.8) is 0 Å². The Kier molecular flexibility index (Phi) is 4.37. The Bertz CT molecular complexity index is 965. The van der Waals surface area contributed by atoms with E-state index in [-0.39, 0.29) is 16.3 Å². The molecule has 0 atom stereocenters. The Labute approximate surface area is 145 Å². The number of hydrogen-bond acceptors (Lipinski definition) is 6. The van der Waals surface area contributed by atoms with Gasteiger partial charge in [-0.2, -0.15) is 18.5 Å². The number of hydrogen-bond donors (Lipinski definition) is 0. The highest BCUT2D eigenvalue weighted by molar-refractivity contribution is 7.86. The first-order valence-corrected chi connectivity index (χ1v) is 8.83. The fourth-order valence-electron chi connectivity index (χ4n) is 2.18. The van der Waals surface area contributed by atoms with Crippen LogP contribution in [0.1, 0.15) is 12.5 Å². The fraction of sp³-hybridized carbons (Fsp3) is 0.118. The summed E-state index contributed by atoms with van der Waals surface area (Å²) in [5.41, 5.74) is 1.59. The number of carbonyl (C=O) groups is 1. The van der Waals surface area contributed by atoms with Gasteiger partial charge >= 0.3 is 16.0 Å². The zero-order valence-corrected chi connectivity index (χ0v) is 14.4. The van der Waals surface area contributed by atoms with Gasteiger partial charge in [-0.05, 0) is 38.1 Å². The lowest BCUT2D eigenvalue weighted by Crippen LogP contribution is -2.27. The molecule has 0 spiro atoms. The second kappa shape index (κ2) is 6.48. The molecular weight excluding hydrogens is 342 g/mol. The summed E-state index contributed by atoms with van der Waals surface area (Å²) >= 11 is 0. The molecule has 128 valence electrons. The lowest BCUT2D eigenvalue weighted by Gasteiger charge is -2.10. The van der Waals surface area contributed by atoms with Crippen LogP contribution in [-0.2, 0) is 19.2 Å². The van der Waals surface area contributed by atoms with Crippen LogP contribution in [0, 0.1) is 6.92 Å². The van der Waals surface area contributed by atoms with Gasteiger partial charge in [0, 0.05) is 0 Å². The Morgan fingerprint density at radius 1 is 1.00 bits per heavy atom. The number of nitrogens with zero attached hydrogens (tertiary/aromatic N) is 3. The van der Waals surface area contributed by atoms with E-state index in [1.54, 1.807) is 43.3 Å². The molecule has 0 aromatic heterocycles. The van der Waals surface area contributed by atoms with Crippen molar-refractivity contribution < 1.29 is 17.5 Å². The first kappa shape index (κ1) is 16.8. The number of aryl methyl sites for hydroxylation is 1. The summed E-state index contributed by atoms with van der Waals surface area (Å²) in [6.45, 7) is 3.40. The maximum absolute atomic E-state index is 12.4. The van der Waals surface area contributed by atoms with Gasteiger partial charge in [0.25, 0.3) is 0 Å². The molecule has 8 heteroatoms. The zero-order chi connectivity index (χ0) is 18.0. The molecule has 1 heterocycles. The third kappa shape index (κ3) is 3.43. The Balaban J connectivity index is 1.84. The topological polar surface area (TPSA) is 88.4 Å². The lowest BCUT2D eigenvalue weighted by molar-refractivity contribution is -0.112. The largest absolute Gasteiger partial charge is 0.358 e. The molecule has 0 unspecified atom stereocenters. The van der Waals surface area contributed by atoms with E-state index in [1.807, 2.05) is 13.0 Å². The monoisotopic (exact) mass is 357 g/mol. The van der Waals surface area contributed by atoms with Gasteiger partial charge < -0.3 is 0 Å². The normalized spacial score (nSPS) is 16.2. The molecule has 1 aliphatic heterocycles. The summed E-state index contributed by atoms with van der Waals surface area (Å²) < 4.78 is 29.0. The van der Waals surface area contributed by atoms with E-state index in [9.17, 15) is 13.2 Å². The Hall–Kier alpha value is -3.00. The van der Waals surface area contributed by atoms with E-state index in [0.717, 1.165) is 10.6 Å². The van der Waals surface area contributed by atoms with E-state index in [1.165, 1.54) is 12.1 Å². The van der Waals surface area contributed by atoms with E-state index < -0.39 is 16.0 Å². The number of anilines is 1. The van der Waals surface area contributed by atoms with Gasteiger partial charge in [0.15, 0.2) is 5.71 Å². The minimum atomic E-state index is -4.11. The van der Waals surface area contributed by atoms with Gasteiger partial charge in [-0.15, -0.1) is 0 Å². The molecular formula is C17H15N3O4S. The van der Waals surface area contributed by atoms with Crippen LogP contribution in [0.4, 0.5) is 5.69 Å². The van der Waals surface area contributed by atoms with Gasteiger partial charge in [0.05, 0.1) is 11.4 Å². The third-order valence-corrected chi connectivity index (χ3v) is 4.65. The molecule has 1 aliphatic rings. The summed E-state index contributed by atoms with van der Waals surface area (Å²) in [5.74, 6) is -0.553. The van der Waals surface area contributed by atoms with Crippen molar-refractivity contribution in [3.05, 3.63) is 60.2 Å². The minimum Gasteiger partial charge on any atom is -0.265 e. The van der Waals surface area contributed by atoms with E-state index >= 15 is 0 Å². The highest BCUT2D eigenvalue weighted by atomic mass is 32.2. The predicted octanol–water partition coefficient (Wildman–Crippen LogP) is 2.48. The SMILES string of the molecule is CC1=NN(c2ccccc2)C(=O)/C1=N/OS(=O)(=O)c1ccc(C)cc1. The first-order chi connectivity index (χ1) is 11.9. The molecule has 0 fully saturated rings. The number of oxime groups is 1. The van der Waals surface area contributed by atoms with Crippen molar-refractivity contribution in [2.45, 2.75) is 18.7 Å². The number of rotatable bonds is 4. The summed E-state index contributed by atoms with van der Waals surface area (Å²) in [5, 5.41) is 8.79. The highest BCUT2D eigenvalue weighted by Gasteiger charge is 2.32. The van der Waals surface area contributed by atoms with Crippen LogP contribution in [0.25, 0.3) is 0 Å². The smallest absolute Gasteiger partial charge is 0.265 e. The lowest BCUT2D eigenvalue weighted by atomic mass is 10.2. The Morgan fingerprint density at radius 3 is 2.28 bits per heavy atom. The van der Waals surface area contributed by atoms with Crippen LogP contribution in [-0.4, -0.2) is 25.7 Å². The molecule has 1 amide bonds. The van der Waals surface area contributed by atoms with Crippen LogP contribution in [0.2, 0.25) is 0 Å². The fourth-order valence-corrected chi connectivity index (χ4v) is 2.91. The van der Waals surface area contributed by atoms with Crippen molar-refractivity contribution in [3.8, 4) is 0 Å². The van der Waals surface area contributed by atoms with Crippen molar-refractivity contribution in [2.24, 2.45) is 10.3 Å². The van der Waals surface area contributed by atoms with Crippen LogP contribution in [0.5, 0.6) is 0 Å². The van der Waals surface area contributed by atoms with Crippen molar-refractivity contribution in [1.82, 2.24) is 0 Å².